The first-order valence-electron chi connectivity index (χ1n) is 11.7. The molecule has 0 aliphatic carbocycles. The minimum absolute atomic E-state index is 0.0434. The topological polar surface area (TPSA) is 56.7 Å². The Morgan fingerprint density at radius 3 is 2.38 bits per heavy atom. The molecule has 186 valence electrons. The third-order valence-electron chi connectivity index (χ3n) is 5.69. The first-order chi connectivity index (χ1) is 15.3. The van der Waals surface area contributed by atoms with Crippen LogP contribution in [0.3, 0.4) is 0 Å². The molecule has 0 saturated carbocycles. The zero-order valence-corrected chi connectivity index (χ0v) is 21.2. The van der Waals surface area contributed by atoms with E-state index in [-0.39, 0.29) is 5.54 Å². The molecular weight excluding hydrogens is 412 g/mol. The van der Waals surface area contributed by atoms with Gasteiger partial charge in [0.15, 0.2) is 11.6 Å². The average Bonchev–Trinajstić information content (AvgIpc) is 2.83. The summed E-state index contributed by atoms with van der Waals surface area (Å²) in [6.45, 7) is 18.4. The Balaban J connectivity index is 0. The van der Waals surface area contributed by atoms with Gasteiger partial charge in [-0.15, -0.1) is 6.58 Å². The van der Waals surface area contributed by atoms with Gasteiger partial charge in [0.05, 0.1) is 6.20 Å². The van der Waals surface area contributed by atoms with E-state index < -0.39 is 11.6 Å². The van der Waals surface area contributed by atoms with Gasteiger partial charge in [0, 0.05) is 38.3 Å². The molecule has 2 unspecified atom stereocenters. The number of hydrogen-bond acceptors (Lipinski definition) is 4. The molecule has 1 aliphatic rings. The molecule has 1 amide bonds. The van der Waals surface area contributed by atoms with Crippen LogP contribution in [0.1, 0.15) is 73.6 Å². The van der Waals surface area contributed by atoms with Gasteiger partial charge in [-0.05, 0) is 45.4 Å². The van der Waals surface area contributed by atoms with Gasteiger partial charge in [-0.1, -0.05) is 40.2 Å². The van der Waals surface area contributed by atoms with Crippen LogP contribution in [0.2, 0.25) is 0 Å². The second-order valence-electron chi connectivity index (χ2n) is 7.56. The lowest BCUT2D eigenvalue weighted by Gasteiger charge is -2.37. The molecule has 0 radical (unpaired) electrons. The zero-order chi connectivity index (χ0) is 25.2. The Morgan fingerprint density at radius 1 is 1.31 bits per heavy atom. The number of piperidine rings is 1. The van der Waals surface area contributed by atoms with Crippen molar-refractivity contribution in [2.75, 3.05) is 31.6 Å². The predicted octanol–water partition coefficient (Wildman–Crippen LogP) is 5.83. The lowest BCUT2D eigenvalue weighted by molar-refractivity contribution is -0.123. The van der Waals surface area contributed by atoms with E-state index >= 15 is 0 Å². The van der Waals surface area contributed by atoms with Crippen LogP contribution in [0.25, 0.3) is 0 Å². The molecule has 0 spiro atoms. The van der Waals surface area contributed by atoms with Crippen molar-refractivity contribution in [2.24, 2.45) is 5.92 Å². The minimum Gasteiger partial charge on any atom is -0.400 e. The van der Waals surface area contributed by atoms with Crippen LogP contribution >= 0.6 is 0 Å². The number of carbonyl (C=O) groups is 1. The molecular formula is C25H45F2N3O2. The number of hydrogen-bond donors (Lipinski definition) is 1. The van der Waals surface area contributed by atoms with Crippen LogP contribution in [0, 0.1) is 17.6 Å². The lowest BCUT2D eigenvalue weighted by Crippen LogP contribution is -2.44. The van der Waals surface area contributed by atoms with E-state index in [0.29, 0.717) is 11.7 Å². The number of carbonyl (C=O) groups excluding carboxylic acids is 1. The van der Waals surface area contributed by atoms with Crippen LogP contribution in [0.15, 0.2) is 24.9 Å². The second-order valence-corrected chi connectivity index (χ2v) is 7.56. The summed E-state index contributed by atoms with van der Waals surface area (Å²) < 4.78 is 26.3. The van der Waals surface area contributed by atoms with Crippen molar-refractivity contribution < 1.29 is 18.7 Å². The van der Waals surface area contributed by atoms with Gasteiger partial charge in [-0.2, -0.15) is 0 Å². The maximum absolute atomic E-state index is 13.5. The quantitative estimate of drug-likeness (QED) is 0.394. The Hall–Kier alpha value is -2.02. The van der Waals surface area contributed by atoms with Gasteiger partial charge in [0.1, 0.15) is 5.82 Å². The summed E-state index contributed by atoms with van der Waals surface area (Å²) in [5.74, 6) is -0.290. The highest BCUT2D eigenvalue weighted by atomic mass is 19.1. The number of halogens is 2. The zero-order valence-electron chi connectivity index (χ0n) is 21.2. The largest absolute Gasteiger partial charge is 0.400 e. The number of aliphatic hydroxyl groups excluding tert-OH is 1. The van der Waals surface area contributed by atoms with Gasteiger partial charge < -0.3 is 14.9 Å². The summed E-state index contributed by atoms with van der Waals surface area (Å²) >= 11 is 0. The number of rotatable bonds is 8. The molecule has 0 bridgehead atoms. The van der Waals surface area contributed by atoms with Gasteiger partial charge in [-0.25, -0.2) is 13.8 Å². The first kappa shape index (κ1) is 32.2. The van der Waals surface area contributed by atoms with Crippen molar-refractivity contribution in [2.45, 2.75) is 79.2 Å². The minimum atomic E-state index is -0.620. The molecule has 1 saturated heterocycles. The number of anilines is 1. The number of pyridine rings is 1. The number of aromatic nitrogens is 1. The van der Waals surface area contributed by atoms with E-state index in [2.05, 4.69) is 32.3 Å². The highest BCUT2D eigenvalue weighted by molar-refractivity contribution is 5.48. The Bertz CT molecular complexity index is 631. The van der Waals surface area contributed by atoms with Crippen LogP contribution in [-0.4, -0.2) is 53.7 Å². The van der Waals surface area contributed by atoms with E-state index in [1.165, 1.54) is 6.42 Å². The fraction of sp³-hybridized carbons (Fsp3) is 0.680. The molecule has 2 atom stereocenters. The van der Waals surface area contributed by atoms with Crippen molar-refractivity contribution in [1.29, 1.82) is 0 Å². The smallest absolute Gasteiger partial charge is 0.210 e. The SMILES string of the molecule is C=CCC(C)(CC)N(C=O)CC.CC.CCC1CCCN(c2ncc(F)cc2F)C1.CO. The average molecular weight is 458 g/mol. The summed E-state index contributed by atoms with van der Waals surface area (Å²) in [4.78, 5) is 18.3. The Kier molecular flexibility index (Phi) is 18.6. The third kappa shape index (κ3) is 10.5. The van der Waals surface area contributed by atoms with Gasteiger partial charge in [-0.3, -0.25) is 4.79 Å². The molecule has 1 N–H and O–H groups in total. The third-order valence-corrected chi connectivity index (χ3v) is 5.69. The van der Waals surface area contributed by atoms with E-state index in [1.54, 1.807) is 0 Å². The summed E-state index contributed by atoms with van der Waals surface area (Å²) in [5, 5.41) is 7.00. The maximum atomic E-state index is 13.5. The Morgan fingerprint density at radius 2 is 1.94 bits per heavy atom. The second kappa shape index (κ2) is 18.5. The Labute approximate surface area is 194 Å². The fourth-order valence-electron chi connectivity index (χ4n) is 3.59. The van der Waals surface area contributed by atoms with Crippen LogP contribution < -0.4 is 4.90 Å². The number of nitrogens with zero attached hydrogens (tertiary/aromatic N) is 3. The summed E-state index contributed by atoms with van der Waals surface area (Å²) in [6, 6.07) is 0.901. The summed E-state index contributed by atoms with van der Waals surface area (Å²) in [6.07, 6.45) is 9.03. The summed E-state index contributed by atoms with van der Waals surface area (Å²) in [5.41, 5.74) is -0.0434. The first-order valence-corrected chi connectivity index (χ1v) is 11.7. The standard InChI is InChI=1S/C12H16F2N2.C10H19NO.C2H6.CH4O/c1-2-9-4-3-5-16(8-9)12-11(14)6-10(13)7-15-12;1-5-8-10(4,6-2)11(7-3)9-12;2*1-2/h6-7,9H,2-5,8H2,1H3;5,9H,1,6-8H2,2-4H3;1-2H3;2H,1H3. The molecule has 32 heavy (non-hydrogen) atoms. The normalized spacial score (nSPS) is 16.6. The number of aliphatic hydroxyl groups is 1. The van der Waals surface area contributed by atoms with E-state index in [9.17, 15) is 13.6 Å². The highest BCUT2D eigenvalue weighted by Gasteiger charge is 2.26. The monoisotopic (exact) mass is 457 g/mol. The molecule has 1 aliphatic heterocycles. The van der Waals surface area contributed by atoms with Crippen LogP contribution in [0.5, 0.6) is 0 Å². The van der Waals surface area contributed by atoms with Gasteiger partial charge in [0.25, 0.3) is 0 Å². The van der Waals surface area contributed by atoms with Crippen molar-refractivity contribution in [3.63, 3.8) is 0 Å². The molecule has 7 heteroatoms. The van der Waals surface area contributed by atoms with Crippen molar-refractivity contribution in [1.82, 2.24) is 9.88 Å². The molecule has 1 aromatic rings. The molecule has 2 rings (SSSR count). The van der Waals surface area contributed by atoms with Crippen molar-refractivity contribution >= 4 is 12.2 Å². The maximum Gasteiger partial charge on any atom is 0.210 e. The number of amides is 1. The molecule has 1 aromatic heterocycles. The van der Waals surface area contributed by atoms with E-state index in [1.807, 2.05) is 36.6 Å². The van der Waals surface area contributed by atoms with Crippen molar-refractivity contribution in [3.05, 3.63) is 36.6 Å². The molecule has 5 nitrogen and oxygen atoms in total. The fourth-order valence-corrected chi connectivity index (χ4v) is 3.59. The molecule has 1 fully saturated rings. The highest BCUT2D eigenvalue weighted by Crippen LogP contribution is 2.25. The van der Waals surface area contributed by atoms with E-state index in [4.69, 9.17) is 5.11 Å². The predicted molar refractivity (Wildman–Crippen MR) is 131 cm³/mol. The van der Waals surface area contributed by atoms with Gasteiger partial charge in [0.2, 0.25) is 6.41 Å². The van der Waals surface area contributed by atoms with Crippen molar-refractivity contribution in [3.8, 4) is 0 Å². The van der Waals surface area contributed by atoms with E-state index in [0.717, 1.165) is 71.1 Å². The van der Waals surface area contributed by atoms with Crippen LogP contribution in [0.4, 0.5) is 14.6 Å². The molecule has 2 heterocycles. The van der Waals surface area contributed by atoms with Gasteiger partial charge >= 0.3 is 0 Å². The lowest BCUT2D eigenvalue weighted by atomic mass is 9.93. The summed E-state index contributed by atoms with van der Waals surface area (Å²) in [7, 11) is 1.00. The molecule has 0 aromatic carbocycles. The van der Waals surface area contributed by atoms with Crippen LogP contribution in [-0.2, 0) is 4.79 Å².